The van der Waals surface area contributed by atoms with Crippen LogP contribution in [0.4, 0.5) is 17.6 Å². The Morgan fingerprint density at radius 1 is 1.40 bits per heavy atom. The summed E-state index contributed by atoms with van der Waals surface area (Å²) in [5.74, 6) is -5.66. The molecule has 0 heterocycles. The number of allylic oxidation sites excluding steroid dienone is 2. The van der Waals surface area contributed by atoms with E-state index in [9.17, 15) is 30.8 Å². The summed E-state index contributed by atoms with van der Waals surface area (Å²) in [7, 11) is -6.28. The first-order chi connectivity index (χ1) is 11.3. The van der Waals surface area contributed by atoms with Crippen molar-refractivity contribution in [2.45, 2.75) is 56.6 Å². The largest absolute Gasteiger partial charge is 0.465 e. The van der Waals surface area contributed by atoms with Crippen LogP contribution >= 0.6 is 0 Å². The van der Waals surface area contributed by atoms with Gasteiger partial charge in [-0.25, -0.2) is 0 Å². The molecule has 2 bridgehead atoms. The first kappa shape index (κ1) is 20.2. The van der Waals surface area contributed by atoms with Crippen LogP contribution in [0, 0.1) is 11.3 Å². The van der Waals surface area contributed by atoms with Crippen molar-refractivity contribution in [3.05, 3.63) is 11.6 Å². The van der Waals surface area contributed by atoms with Gasteiger partial charge in [0.15, 0.2) is 0 Å². The highest BCUT2D eigenvalue weighted by Crippen LogP contribution is 2.49. The molecule has 0 saturated heterocycles. The van der Waals surface area contributed by atoms with Crippen molar-refractivity contribution in [2.24, 2.45) is 11.3 Å². The number of rotatable bonds is 6. The van der Waals surface area contributed by atoms with Crippen LogP contribution in [-0.2, 0) is 19.6 Å². The maximum absolute atomic E-state index is 13.4. The van der Waals surface area contributed by atoms with Crippen LogP contribution in [-0.4, -0.2) is 36.7 Å². The molecule has 2 aliphatic rings. The Morgan fingerprint density at radius 3 is 2.64 bits per heavy atom. The number of carbonyl (C=O) groups excluding carboxylic acids is 1. The summed E-state index contributed by atoms with van der Waals surface area (Å²) in [6, 6.07) is 0. The molecule has 0 spiro atoms. The number of hydrogen-bond donors (Lipinski definition) is 1. The summed E-state index contributed by atoms with van der Waals surface area (Å²) in [6.45, 7) is 0.861. The average molecular weight is 388 g/mol. The fraction of sp³-hybridized carbons (Fsp3) is 0.800. The standard InChI is InChI=1S/C15H20F4O5S/c1-10-7-11-3-2-4-13(8-10,9-11)12(20)24-6-5-14(16,17)15(18,19)25(21,22)23/h7,10H,2-6,8-9H2,1H3,(H,21,22,23). The van der Waals surface area contributed by atoms with Gasteiger partial charge in [-0.05, 0) is 38.0 Å². The van der Waals surface area contributed by atoms with E-state index in [1.165, 1.54) is 0 Å². The topological polar surface area (TPSA) is 80.7 Å². The zero-order valence-corrected chi connectivity index (χ0v) is 14.4. The molecule has 0 aromatic rings. The molecular formula is C15H20F4O5S. The molecule has 1 saturated carbocycles. The minimum atomic E-state index is -6.28. The summed E-state index contributed by atoms with van der Waals surface area (Å²) in [4.78, 5) is 12.4. The van der Waals surface area contributed by atoms with E-state index in [2.05, 4.69) is 6.08 Å². The Bertz CT molecular complexity index is 673. The van der Waals surface area contributed by atoms with Gasteiger partial charge < -0.3 is 4.74 Å². The molecule has 10 heteroatoms. The van der Waals surface area contributed by atoms with Crippen LogP contribution in [0.5, 0.6) is 0 Å². The molecule has 2 unspecified atom stereocenters. The Labute approximate surface area is 143 Å². The smallest absolute Gasteiger partial charge is 0.431 e. The van der Waals surface area contributed by atoms with E-state index in [4.69, 9.17) is 9.29 Å². The van der Waals surface area contributed by atoms with Crippen molar-refractivity contribution in [1.82, 2.24) is 0 Å². The molecule has 25 heavy (non-hydrogen) atoms. The van der Waals surface area contributed by atoms with Gasteiger partial charge in [0.2, 0.25) is 0 Å². The van der Waals surface area contributed by atoms with E-state index in [-0.39, 0.29) is 5.92 Å². The summed E-state index contributed by atoms with van der Waals surface area (Å²) < 4.78 is 87.0. The van der Waals surface area contributed by atoms with E-state index < -0.39 is 45.7 Å². The predicted octanol–water partition coefficient (Wildman–Crippen LogP) is 3.56. The van der Waals surface area contributed by atoms with Crippen molar-refractivity contribution >= 4 is 16.1 Å². The van der Waals surface area contributed by atoms with E-state index in [0.29, 0.717) is 19.3 Å². The van der Waals surface area contributed by atoms with Gasteiger partial charge in [-0.3, -0.25) is 9.35 Å². The third-order valence-corrected chi connectivity index (χ3v) is 5.73. The fourth-order valence-electron chi connectivity index (χ4n) is 3.68. The minimum absolute atomic E-state index is 0.127. The molecule has 2 atom stereocenters. The van der Waals surface area contributed by atoms with Crippen molar-refractivity contribution in [1.29, 1.82) is 0 Å². The van der Waals surface area contributed by atoms with Crippen LogP contribution in [0.3, 0.4) is 0 Å². The number of fused-ring (bicyclic) bond motifs is 2. The lowest BCUT2D eigenvalue weighted by Crippen LogP contribution is -2.47. The molecule has 2 rings (SSSR count). The quantitative estimate of drug-likeness (QED) is 0.326. The molecule has 0 aliphatic heterocycles. The highest BCUT2D eigenvalue weighted by molar-refractivity contribution is 7.87. The molecule has 0 aromatic carbocycles. The normalized spacial score (nSPS) is 27.6. The predicted molar refractivity (Wildman–Crippen MR) is 79.8 cm³/mol. The average Bonchev–Trinajstić information content (AvgIpc) is 2.44. The third kappa shape index (κ3) is 3.84. The van der Waals surface area contributed by atoms with E-state index in [0.717, 1.165) is 18.4 Å². The third-order valence-electron chi connectivity index (χ3n) is 4.78. The number of halogens is 4. The summed E-state index contributed by atoms with van der Waals surface area (Å²) in [5, 5.41) is -5.65. The molecule has 2 aliphatic carbocycles. The Balaban J connectivity index is 2.00. The maximum Gasteiger partial charge on any atom is 0.431 e. The number of hydrogen-bond acceptors (Lipinski definition) is 4. The Hall–Kier alpha value is -1.16. The molecule has 1 N–H and O–H groups in total. The lowest BCUT2D eigenvalue weighted by molar-refractivity contribution is -0.179. The van der Waals surface area contributed by atoms with Gasteiger partial charge in [0.25, 0.3) is 0 Å². The Morgan fingerprint density at radius 2 is 2.04 bits per heavy atom. The molecule has 144 valence electrons. The monoisotopic (exact) mass is 388 g/mol. The van der Waals surface area contributed by atoms with Gasteiger partial charge in [0.05, 0.1) is 18.4 Å². The van der Waals surface area contributed by atoms with Gasteiger partial charge in [0, 0.05) is 0 Å². The summed E-state index contributed by atoms with van der Waals surface area (Å²) >= 11 is 0. The highest BCUT2D eigenvalue weighted by atomic mass is 32.2. The van der Waals surface area contributed by atoms with Crippen LogP contribution in [0.25, 0.3) is 0 Å². The lowest BCUT2D eigenvalue weighted by Gasteiger charge is -2.41. The van der Waals surface area contributed by atoms with Gasteiger partial charge >= 0.3 is 27.3 Å². The van der Waals surface area contributed by atoms with Gasteiger partial charge in [-0.2, -0.15) is 26.0 Å². The molecule has 5 nitrogen and oxygen atoms in total. The number of esters is 1. The highest BCUT2D eigenvalue weighted by Gasteiger charge is 2.65. The number of alkyl halides is 4. The summed E-state index contributed by atoms with van der Waals surface area (Å²) in [5.41, 5.74) is 0.271. The molecule has 0 amide bonds. The van der Waals surface area contributed by atoms with E-state index in [1.54, 1.807) is 0 Å². The second kappa shape index (κ2) is 6.53. The van der Waals surface area contributed by atoms with Crippen LogP contribution < -0.4 is 0 Å². The fourth-order valence-corrected chi connectivity index (χ4v) is 4.16. The number of carbonyl (C=O) groups is 1. The van der Waals surface area contributed by atoms with Crippen LogP contribution in [0.1, 0.15) is 45.4 Å². The summed E-state index contributed by atoms with van der Waals surface area (Å²) in [6.07, 6.45) is 3.47. The minimum Gasteiger partial charge on any atom is -0.465 e. The first-order valence-electron chi connectivity index (χ1n) is 7.90. The second-order valence-electron chi connectivity index (χ2n) is 6.90. The van der Waals surface area contributed by atoms with Crippen molar-refractivity contribution in [2.75, 3.05) is 6.61 Å². The second-order valence-corrected chi connectivity index (χ2v) is 8.36. The van der Waals surface area contributed by atoms with Crippen LogP contribution in [0.15, 0.2) is 11.6 Å². The Kier molecular flexibility index (Phi) is 5.27. The number of ether oxygens (including phenoxy) is 1. The molecule has 1 fully saturated rings. The SMILES string of the molecule is CC1C=C2CCCC(C(=O)OCCC(F)(F)C(F)(F)S(=O)(=O)O)(C2)C1. The van der Waals surface area contributed by atoms with E-state index in [1.807, 2.05) is 6.92 Å². The molecule has 0 aromatic heterocycles. The van der Waals surface area contributed by atoms with Crippen molar-refractivity contribution in [3.8, 4) is 0 Å². The first-order valence-corrected chi connectivity index (χ1v) is 9.34. The van der Waals surface area contributed by atoms with Crippen LogP contribution in [0.2, 0.25) is 0 Å². The van der Waals surface area contributed by atoms with Gasteiger partial charge in [-0.1, -0.05) is 18.6 Å². The van der Waals surface area contributed by atoms with Gasteiger partial charge in [-0.15, -0.1) is 0 Å². The maximum atomic E-state index is 13.4. The van der Waals surface area contributed by atoms with Crippen molar-refractivity contribution < 1.29 is 40.1 Å². The molecular weight excluding hydrogens is 368 g/mol. The van der Waals surface area contributed by atoms with E-state index >= 15 is 0 Å². The lowest BCUT2D eigenvalue weighted by atomic mass is 9.64. The molecule has 0 radical (unpaired) electrons. The zero-order chi connectivity index (χ0) is 19.1. The van der Waals surface area contributed by atoms with Crippen molar-refractivity contribution in [3.63, 3.8) is 0 Å². The van der Waals surface area contributed by atoms with Gasteiger partial charge in [0.1, 0.15) is 0 Å². The zero-order valence-electron chi connectivity index (χ0n) is 13.6.